The number of aromatic nitrogens is 4. The number of halogens is 2. The minimum Gasteiger partial charge on any atom is -0.280 e. The van der Waals surface area contributed by atoms with Gasteiger partial charge in [0.1, 0.15) is 10.7 Å². The Morgan fingerprint density at radius 3 is 2.54 bits per heavy atom. The van der Waals surface area contributed by atoms with Crippen LogP contribution in [0.3, 0.4) is 0 Å². The Hall–Kier alpha value is -2.52. The Morgan fingerprint density at radius 1 is 1.15 bits per heavy atom. The van der Waals surface area contributed by atoms with Crippen LogP contribution in [0.5, 0.6) is 0 Å². The second-order valence-electron chi connectivity index (χ2n) is 5.94. The van der Waals surface area contributed by atoms with Gasteiger partial charge in [-0.3, -0.25) is 4.72 Å². The molecule has 1 heterocycles. The van der Waals surface area contributed by atoms with Gasteiger partial charge in [-0.1, -0.05) is 11.6 Å². The van der Waals surface area contributed by atoms with Gasteiger partial charge < -0.3 is 0 Å². The van der Waals surface area contributed by atoms with Gasteiger partial charge in [0.15, 0.2) is 5.82 Å². The summed E-state index contributed by atoms with van der Waals surface area (Å²) in [5, 5.41) is 11.5. The number of hydrogen-bond donors (Lipinski definition) is 1. The van der Waals surface area contributed by atoms with Gasteiger partial charge in [-0.25, -0.2) is 17.5 Å². The van der Waals surface area contributed by atoms with Crippen LogP contribution in [-0.2, 0) is 10.0 Å². The van der Waals surface area contributed by atoms with Gasteiger partial charge >= 0.3 is 0 Å². The summed E-state index contributed by atoms with van der Waals surface area (Å²) in [5.74, 6) is 0.0372. The number of hydrogen-bond acceptors (Lipinski definition) is 5. The molecule has 134 valence electrons. The highest BCUT2D eigenvalue weighted by Crippen LogP contribution is 2.36. The molecule has 2 aromatic carbocycles. The minimum atomic E-state index is -3.93. The van der Waals surface area contributed by atoms with E-state index in [0.29, 0.717) is 17.6 Å². The molecule has 0 aliphatic heterocycles. The van der Waals surface area contributed by atoms with Crippen molar-refractivity contribution >= 4 is 27.3 Å². The molecule has 26 heavy (non-hydrogen) atoms. The molecule has 3 aromatic rings. The lowest BCUT2D eigenvalue weighted by Crippen LogP contribution is -2.13. The molecule has 1 fully saturated rings. The number of nitrogens with one attached hydrogen (secondary N) is 1. The number of tetrazole rings is 1. The molecule has 10 heteroatoms. The number of nitrogens with zero attached hydrogens (tertiary/aromatic N) is 4. The third-order valence-corrected chi connectivity index (χ3v) is 5.83. The molecular formula is C16H13ClFN5O2S. The molecule has 0 bridgehead atoms. The first-order chi connectivity index (χ1) is 12.4. The molecule has 4 rings (SSSR count). The second-order valence-corrected chi connectivity index (χ2v) is 7.99. The fraction of sp³-hybridized carbons (Fsp3) is 0.188. The average molecular weight is 394 g/mol. The quantitative estimate of drug-likeness (QED) is 0.718. The summed E-state index contributed by atoms with van der Waals surface area (Å²) in [7, 11) is -3.93. The van der Waals surface area contributed by atoms with Crippen LogP contribution < -0.4 is 4.72 Å². The number of rotatable bonds is 5. The number of anilines is 1. The van der Waals surface area contributed by atoms with Gasteiger partial charge in [0, 0.05) is 11.3 Å². The summed E-state index contributed by atoms with van der Waals surface area (Å²) in [4.78, 5) is -0.192. The van der Waals surface area contributed by atoms with Crippen molar-refractivity contribution in [3.8, 4) is 11.4 Å². The van der Waals surface area contributed by atoms with Crippen LogP contribution in [0.1, 0.15) is 18.9 Å². The van der Waals surface area contributed by atoms with E-state index in [-0.39, 0.29) is 9.92 Å². The minimum absolute atomic E-state index is 0.183. The van der Waals surface area contributed by atoms with Gasteiger partial charge in [0.25, 0.3) is 10.0 Å². The summed E-state index contributed by atoms with van der Waals surface area (Å²) in [6.07, 6.45) is 2.10. The van der Waals surface area contributed by atoms with Gasteiger partial charge in [-0.15, -0.1) is 5.10 Å². The molecule has 0 unspecified atom stereocenters. The molecule has 0 atom stereocenters. The van der Waals surface area contributed by atoms with Crippen molar-refractivity contribution in [1.29, 1.82) is 0 Å². The van der Waals surface area contributed by atoms with Crippen molar-refractivity contribution in [3.63, 3.8) is 0 Å². The lowest BCUT2D eigenvalue weighted by Gasteiger charge is -2.10. The smallest absolute Gasteiger partial charge is 0.263 e. The molecule has 1 saturated carbocycles. The summed E-state index contributed by atoms with van der Waals surface area (Å²) in [6, 6.07) is 10.1. The van der Waals surface area contributed by atoms with E-state index in [1.54, 1.807) is 28.9 Å². The maximum absolute atomic E-state index is 13.1. The van der Waals surface area contributed by atoms with E-state index in [0.717, 1.165) is 36.6 Å². The first-order valence-electron chi connectivity index (χ1n) is 7.80. The lowest BCUT2D eigenvalue weighted by molar-refractivity contribution is 0.600. The highest BCUT2D eigenvalue weighted by molar-refractivity contribution is 7.92. The van der Waals surface area contributed by atoms with E-state index in [1.807, 2.05) is 0 Å². The van der Waals surface area contributed by atoms with Gasteiger partial charge in [0.05, 0.1) is 11.1 Å². The molecule has 1 N–H and O–H groups in total. The Morgan fingerprint density at radius 2 is 1.88 bits per heavy atom. The summed E-state index contributed by atoms with van der Waals surface area (Å²) >= 11 is 5.84. The second kappa shape index (κ2) is 6.33. The van der Waals surface area contributed by atoms with E-state index in [2.05, 4.69) is 20.2 Å². The van der Waals surface area contributed by atoms with Crippen LogP contribution >= 0.6 is 11.6 Å². The predicted molar refractivity (Wildman–Crippen MR) is 93.7 cm³/mol. The summed E-state index contributed by atoms with van der Waals surface area (Å²) in [6.45, 7) is 0. The highest BCUT2D eigenvalue weighted by atomic mass is 35.5. The van der Waals surface area contributed by atoms with Crippen molar-refractivity contribution < 1.29 is 12.8 Å². The van der Waals surface area contributed by atoms with Crippen LogP contribution in [0.15, 0.2) is 47.4 Å². The Kier molecular flexibility index (Phi) is 4.12. The molecule has 7 nitrogen and oxygen atoms in total. The van der Waals surface area contributed by atoms with E-state index in [1.165, 1.54) is 0 Å². The fourth-order valence-corrected chi connectivity index (χ4v) is 4.13. The van der Waals surface area contributed by atoms with Crippen LogP contribution in [0.25, 0.3) is 11.4 Å². The Balaban J connectivity index is 1.58. The van der Waals surface area contributed by atoms with Crippen molar-refractivity contribution in [2.24, 2.45) is 0 Å². The molecular weight excluding hydrogens is 381 g/mol. The topological polar surface area (TPSA) is 89.8 Å². The summed E-state index contributed by atoms with van der Waals surface area (Å²) in [5.41, 5.74) is 1.13. The zero-order valence-electron chi connectivity index (χ0n) is 13.3. The average Bonchev–Trinajstić information content (AvgIpc) is 3.32. The molecule has 0 saturated heterocycles. The summed E-state index contributed by atoms with van der Waals surface area (Å²) < 4.78 is 42.2. The van der Waals surface area contributed by atoms with E-state index >= 15 is 0 Å². The molecule has 0 spiro atoms. The van der Waals surface area contributed by atoms with Crippen LogP contribution in [0.2, 0.25) is 5.02 Å². The van der Waals surface area contributed by atoms with Gasteiger partial charge in [0.2, 0.25) is 0 Å². The van der Waals surface area contributed by atoms with Crippen LogP contribution in [0.4, 0.5) is 10.1 Å². The molecule has 0 amide bonds. The standard InChI is InChI=1S/C16H13ClFN5O2S/c17-14-9-11(18)3-8-15(14)26(24,25)20-12-4-1-10(2-5-12)16-19-21-22-23(16)13-6-7-13/h1-5,8-9,13,20H,6-7H2. The third-order valence-electron chi connectivity index (χ3n) is 3.96. The first kappa shape index (κ1) is 16.9. The number of sulfonamides is 1. The van der Waals surface area contributed by atoms with Crippen molar-refractivity contribution in [2.75, 3.05) is 4.72 Å². The third kappa shape index (κ3) is 3.27. The molecule has 0 radical (unpaired) electrons. The van der Waals surface area contributed by atoms with Gasteiger partial charge in [-0.05, 0) is 65.7 Å². The highest BCUT2D eigenvalue weighted by Gasteiger charge is 2.28. The maximum atomic E-state index is 13.1. The Bertz CT molecular complexity index is 1060. The van der Waals surface area contributed by atoms with Crippen molar-refractivity contribution in [3.05, 3.63) is 53.3 Å². The maximum Gasteiger partial charge on any atom is 0.263 e. The zero-order chi connectivity index (χ0) is 18.3. The molecule has 1 aromatic heterocycles. The van der Waals surface area contributed by atoms with E-state index in [9.17, 15) is 12.8 Å². The van der Waals surface area contributed by atoms with Crippen molar-refractivity contribution in [2.45, 2.75) is 23.8 Å². The SMILES string of the molecule is O=S(=O)(Nc1ccc(-c2nnnn2C2CC2)cc1)c1ccc(F)cc1Cl. The zero-order valence-corrected chi connectivity index (χ0v) is 14.9. The van der Waals surface area contributed by atoms with Crippen molar-refractivity contribution in [1.82, 2.24) is 20.2 Å². The van der Waals surface area contributed by atoms with E-state index in [4.69, 9.17) is 11.6 Å². The largest absolute Gasteiger partial charge is 0.280 e. The molecule has 1 aliphatic rings. The monoisotopic (exact) mass is 393 g/mol. The number of benzene rings is 2. The first-order valence-corrected chi connectivity index (χ1v) is 9.66. The van der Waals surface area contributed by atoms with Crippen LogP contribution in [0, 0.1) is 5.82 Å². The fourth-order valence-electron chi connectivity index (χ4n) is 2.54. The predicted octanol–water partition coefficient (Wildman–Crippen LogP) is 3.27. The Labute approximate surface area is 153 Å². The van der Waals surface area contributed by atoms with Gasteiger partial charge in [-0.2, -0.15) is 0 Å². The molecule has 1 aliphatic carbocycles. The van der Waals surface area contributed by atoms with Crippen LogP contribution in [-0.4, -0.2) is 28.6 Å². The van der Waals surface area contributed by atoms with E-state index < -0.39 is 15.8 Å². The normalized spacial score (nSPS) is 14.4. The lowest BCUT2D eigenvalue weighted by atomic mass is 10.2.